The van der Waals surface area contributed by atoms with Gasteiger partial charge in [-0.3, -0.25) is 4.79 Å². The standard InChI is InChI=1S/C16H18NOS/c18-16(15-9-3-1-4-10-15)19-14-8-7-13-17-11-5-2-6-12-17/h1-6,9-12H,7-8,13-14H2/q+1. The first kappa shape index (κ1) is 13.8. The third-order valence-electron chi connectivity index (χ3n) is 2.83. The number of unbranched alkanes of at least 4 members (excludes halogenated alkanes) is 1. The number of rotatable bonds is 6. The van der Waals surface area contributed by atoms with Crippen LogP contribution in [-0.2, 0) is 6.54 Å². The smallest absolute Gasteiger partial charge is 0.219 e. The van der Waals surface area contributed by atoms with Crippen LogP contribution in [0.5, 0.6) is 0 Å². The van der Waals surface area contributed by atoms with Gasteiger partial charge in [-0.25, -0.2) is 4.57 Å². The van der Waals surface area contributed by atoms with Gasteiger partial charge in [-0.2, -0.15) is 0 Å². The van der Waals surface area contributed by atoms with Gasteiger partial charge in [0.2, 0.25) is 5.12 Å². The predicted molar refractivity (Wildman–Crippen MR) is 79.1 cm³/mol. The van der Waals surface area contributed by atoms with Crippen molar-refractivity contribution < 1.29 is 9.36 Å². The summed E-state index contributed by atoms with van der Waals surface area (Å²) in [6.07, 6.45) is 6.30. The fourth-order valence-corrected chi connectivity index (χ4v) is 2.64. The number of pyridine rings is 1. The van der Waals surface area contributed by atoms with E-state index in [4.69, 9.17) is 0 Å². The molecule has 19 heavy (non-hydrogen) atoms. The van der Waals surface area contributed by atoms with Crippen molar-refractivity contribution in [2.75, 3.05) is 5.75 Å². The van der Waals surface area contributed by atoms with Gasteiger partial charge in [0.15, 0.2) is 12.4 Å². The Balaban J connectivity index is 1.63. The van der Waals surface area contributed by atoms with Crippen LogP contribution >= 0.6 is 11.8 Å². The van der Waals surface area contributed by atoms with Crippen molar-refractivity contribution in [2.45, 2.75) is 19.4 Å². The first-order chi connectivity index (χ1) is 9.36. The zero-order valence-electron chi connectivity index (χ0n) is 10.9. The van der Waals surface area contributed by atoms with Crippen molar-refractivity contribution in [3.8, 4) is 0 Å². The topological polar surface area (TPSA) is 20.9 Å². The van der Waals surface area contributed by atoms with Crippen LogP contribution in [0.4, 0.5) is 0 Å². The molecule has 2 rings (SSSR count). The van der Waals surface area contributed by atoms with E-state index in [1.54, 1.807) is 0 Å². The summed E-state index contributed by atoms with van der Waals surface area (Å²) in [5.41, 5.74) is 0.796. The first-order valence-electron chi connectivity index (χ1n) is 6.52. The minimum Gasteiger partial charge on any atom is -0.282 e. The van der Waals surface area contributed by atoms with Crippen molar-refractivity contribution in [3.63, 3.8) is 0 Å². The number of benzene rings is 1. The SMILES string of the molecule is O=C(SCCCC[n+]1ccccc1)c1ccccc1. The van der Waals surface area contributed by atoms with Crippen LogP contribution < -0.4 is 4.57 Å². The van der Waals surface area contributed by atoms with Gasteiger partial charge in [0.25, 0.3) is 0 Å². The summed E-state index contributed by atoms with van der Waals surface area (Å²) >= 11 is 1.42. The average molecular weight is 272 g/mol. The molecule has 3 heteroatoms. The fraction of sp³-hybridized carbons (Fsp3) is 0.250. The second kappa shape index (κ2) is 7.74. The maximum Gasteiger partial charge on any atom is 0.219 e. The van der Waals surface area contributed by atoms with E-state index in [9.17, 15) is 4.79 Å². The monoisotopic (exact) mass is 272 g/mol. The highest BCUT2D eigenvalue weighted by molar-refractivity contribution is 8.14. The lowest BCUT2D eigenvalue weighted by atomic mass is 10.2. The maximum atomic E-state index is 11.8. The van der Waals surface area contributed by atoms with Crippen LogP contribution in [0.3, 0.4) is 0 Å². The van der Waals surface area contributed by atoms with E-state index in [0.29, 0.717) is 0 Å². The van der Waals surface area contributed by atoms with Gasteiger partial charge < -0.3 is 0 Å². The summed E-state index contributed by atoms with van der Waals surface area (Å²) in [6, 6.07) is 15.6. The highest BCUT2D eigenvalue weighted by Crippen LogP contribution is 2.13. The van der Waals surface area contributed by atoms with Crippen LogP contribution in [0.2, 0.25) is 0 Å². The summed E-state index contributed by atoms with van der Waals surface area (Å²) in [5.74, 6) is 0.890. The van der Waals surface area contributed by atoms with Crippen molar-refractivity contribution in [1.82, 2.24) is 0 Å². The number of hydrogen-bond acceptors (Lipinski definition) is 2. The molecule has 1 heterocycles. The van der Waals surface area contributed by atoms with Crippen molar-refractivity contribution in [1.29, 1.82) is 0 Å². The molecule has 2 aromatic rings. The number of hydrogen-bond donors (Lipinski definition) is 0. The summed E-state index contributed by atoms with van der Waals surface area (Å²) < 4.78 is 2.17. The Hall–Kier alpha value is -1.61. The molecule has 0 radical (unpaired) electrons. The molecule has 1 aromatic heterocycles. The molecule has 0 bridgehead atoms. The van der Waals surface area contributed by atoms with Gasteiger partial charge in [0.1, 0.15) is 6.54 Å². The largest absolute Gasteiger partial charge is 0.282 e. The van der Waals surface area contributed by atoms with E-state index in [0.717, 1.165) is 30.7 Å². The van der Waals surface area contributed by atoms with Gasteiger partial charge in [-0.1, -0.05) is 48.2 Å². The Morgan fingerprint density at radius 1 is 0.947 bits per heavy atom. The lowest BCUT2D eigenvalue weighted by molar-refractivity contribution is -0.697. The van der Waals surface area contributed by atoms with Crippen LogP contribution in [0.25, 0.3) is 0 Å². The van der Waals surface area contributed by atoms with Crippen LogP contribution in [-0.4, -0.2) is 10.9 Å². The molecule has 0 aliphatic heterocycles. The Bertz CT molecular complexity index is 499. The molecule has 0 N–H and O–H groups in total. The molecule has 98 valence electrons. The zero-order chi connectivity index (χ0) is 13.3. The molecule has 0 fully saturated rings. The van der Waals surface area contributed by atoms with Gasteiger partial charge in [0.05, 0.1) is 0 Å². The molecule has 0 saturated heterocycles. The highest BCUT2D eigenvalue weighted by Gasteiger charge is 2.05. The van der Waals surface area contributed by atoms with E-state index >= 15 is 0 Å². The second-order valence-electron chi connectivity index (χ2n) is 4.32. The predicted octanol–water partition coefficient (Wildman–Crippen LogP) is 3.33. The Morgan fingerprint density at radius 2 is 1.63 bits per heavy atom. The lowest BCUT2D eigenvalue weighted by Crippen LogP contribution is -2.32. The molecule has 1 aromatic carbocycles. The molecule has 0 aliphatic rings. The first-order valence-corrected chi connectivity index (χ1v) is 7.51. The Kier molecular flexibility index (Phi) is 5.63. The fourth-order valence-electron chi connectivity index (χ4n) is 1.80. The minimum atomic E-state index is 0.174. The quantitative estimate of drug-likeness (QED) is 0.594. The van der Waals surface area contributed by atoms with E-state index in [1.807, 2.05) is 48.5 Å². The normalized spacial score (nSPS) is 10.3. The summed E-state index contributed by atoms with van der Waals surface area (Å²) in [5, 5.41) is 0.174. The maximum absolute atomic E-state index is 11.8. The Labute approximate surface area is 118 Å². The van der Waals surface area contributed by atoms with Gasteiger partial charge in [-0.05, 0) is 6.42 Å². The van der Waals surface area contributed by atoms with Gasteiger partial charge in [0, 0.05) is 29.9 Å². The zero-order valence-corrected chi connectivity index (χ0v) is 11.7. The molecular formula is C16H18NOS+. The number of carbonyl (C=O) groups excluding carboxylic acids is 1. The van der Waals surface area contributed by atoms with Gasteiger partial charge in [-0.15, -0.1) is 0 Å². The van der Waals surface area contributed by atoms with E-state index < -0.39 is 0 Å². The van der Waals surface area contributed by atoms with E-state index in [2.05, 4.69) is 17.0 Å². The van der Waals surface area contributed by atoms with Crippen LogP contribution in [0.1, 0.15) is 23.2 Å². The molecule has 0 unspecified atom stereocenters. The molecular weight excluding hydrogens is 254 g/mol. The average Bonchev–Trinajstić information content (AvgIpc) is 2.49. The highest BCUT2D eigenvalue weighted by atomic mass is 32.2. The number of thioether (sulfide) groups is 1. The molecule has 0 spiro atoms. The summed E-state index contributed by atoms with van der Waals surface area (Å²) in [4.78, 5) is 11.8. The second-order valence-corrected chi connectivity index (χ2v) is 5.39. The van der Waals surface area contributed by atoms with Crippen LogP contribution in [0, 0.1) is 0 Å². The lowest BCUT2D eigenvalue weighted by Gasteiger charge is -2.00. The Morgan fingerprint density at radius 3 is 2.37 bits per heavy atom. The number of aryl methyl sites for hydroxylation is 1. The molecule has 0 amide bonds. The third kappa shape index (κ3) is 4.87. The summed E-state index contributed by atoms with van der Waals surface area (Å²) in [6.45, 7) is 1.01. The molecule has 0 atom stereocenters. The van der Waals surface area contributed by atoms with E-state index in [-0.39, 0.29) is 5.12 Å². The number of carbonyl (C=O) groups is 1. The minimum absolute atomic E-state index is 0.174. The third-order valence-corrected chi connectivity index (χ3v) is 3.82. The van der Waals surface area contributed by atoms with Crippen LogP contribution in [0.15, 0.2) is 60.9 Å². The number of aromatic nitrogens is 1. The van der Waals surface area contributed by atoms with Crippen molar-refractivity contribution in [2.24, 2.45) is 0 Å². The van der Waals surface area contributed by atoms with Crippen molar-refractivity contribution in [3.05, 3.63) is 66.5 Å². The number of nitrogens with zero attached hydrogens (tertiary/aromatic N) is 1. The van der Waals surface area contributed by atoms with Crippen molar-refractivity contribution >= 4 is 16.9 Å². The summed E-state index contributed by atoms with van der Waals surface area (Å²) in [7, 11) is 0. The molecule has 0 aliphatic carbocycles. The van der Waals surface area contributed by atoms with E-state index in [1.165, 1.54) is 11.8 Å². The molecule has 0 saturated carbocycles. The molecule has 2 nitrogen and oxygen atoms in total. The van der Waals surface area contributed by atoms with Gasteiger partial charge >= 0.3 is 0 Å².